The predicted molar refractivity (Wildman–Crippen MR) is 108 cm³/mol. The van der Waals surface area contributed by atoms with Crippen molar-refractivity contribution in [1.29, 1.82) is 0 Å². The first kappa shape index (κ1) is 18.8. The standard InChI is InChI=1S/C23H30N2O4/c1-14-4-3-9-25(13-14)22(27)19-10-16-6-5-15(19)12-23(16)24-21(26)18-8-7-17(28-2)11-20(18)29-23/h7-8,11,14-16,19H,3-6,9-10,12-13H2,1-2H3,(H,24,26). The summed E-state index contributed by atoms with van der Waals surface area (Å²) in [4.78, 5) is 28.2. The third-order valence-electron chi connectivity index (χ3n) is 7.55. The number of rotatable bonds is 2. The molecule has 5 atom stereocenters. The molecule has 1 aromatic rings. The van der Waals surface area contributed by atoms with Gasteiger partial charge < -0.3 is 19.7 Å². The molecule has 1 saturated heterocycles. The van der Waals surface area contributed by atoms with Crippen LogP contribution in [0.4, 0.5) is 0 Å². The molecule has 156 valence electrons. The normalized spacial score (nSPS) is 35.7. The number of nitrogens with one attached hydrogen (secondary N) is 1. The molecule has 0 radical (unpaired) electrons. The van der Waals surface area contributed by atoms with Crippen molar-refractivity contribution in [2.24, 2.45) is 23.7 Å². The monoisotopic (exact) mass is 398 g/mol. The summed E-state index contributed by atoms with van der Waals surface area (Å²) >= 11 is 0. The van der Waals surface area contributed by atoms with E-state index >= 15 is 0 Å². The number of ether oxygens (including phenoxy) is 2. The summed E-state index contributed by atoms with van der Waals surface area (Å²) in [5.74, 6) is 2.59. The first-order valence-electron chi connectivity index (χ1n) is 11.0. The van der Waals surface area contributed by atoms with Crippen LogP contribution in [0, 0.1) is 23.7 Å². The molecule has 1 N–H and O–H groups in total. The number of likely N-dealkylation sites (tertiary alicyclic amines) is 1. The molecule has 6 nitrogen and oxygen atoms in total. The predicted octanol–water partition coefficient (Wildman–Crippen LogP) is 3.21. The van der Waals surface area contributed by atoms with Crippen molar-refractivity contribution in [1.82, 2.24) is 10.2 Å². The van der Waals surface area contributed by atoms with Crippen molar-refractivity contribution in [3.63, 3.8) is 0 Å². The molecular formula is C23H30N2O4. The second-order valence-electron chi connectivity index (χ2n) is 9.42. The van der Waals surface area contributed by atoms with Gasteiger partial charge in [-0.2, -0.15) is 0 Å². The van der Waals surface area contributed by atoms with Gasteiger partial charge in [0.15, 0.2) is 5.72 Å². The molecule has 3 aliphatic carbocycles. The van der Waals surface area contributed by atoms with E-state index in [0.29, 0.717) is 35.3 Å². The van der Waals surface area contributed by atoms with Crippen LogP contribution in [-0.4, -0.2) is 42.6 Å². The number of fused-ring (bicyclic) bond motifs is 3. The summed E-state index contributed by atoms with van der Waals surface area (Å²) in [6, 6.07) is 5.33. The number of benzene rings is 1. The Bertz CT molecular complexity index is 840. The van der Waals surface area contributed by atoms with Crippen molar-refractivity contribution in [3.05, 3.63) is 23.8 Å². The lowest BCUT2D eigenvalue weighted by molar-refractivity contribution is -0.156. The lowest BCUT2D eigenvalue weighted by atomic mass is 9.59. The van der Waals surface area contributed by atoms with E-state index < -0.39 is 5.72 Å². The molecule has 4 fully saturated rings. The van der Waals surface area contributed by atoms with Gasteiger partial charge in [-0.3, -0.25) is 9.59 Å². The molecule has 5 aliphatic rings. The van der Waals surface area contributed by atoms with Gasteiger partial charge in [0.1, 0.15) is 11.5 Å². The highest BCUT2D eigenvalue weighted by atomic mass is 16.5. The summed E-state index contributed by atoms with van der Waals surface area (Å²) in [7, 11) is 1.61. The van der Waals surface area contributed by atoms with Crippen LogP contribution in [0.15, 0.2) is 18.2 Å². The van der Waals surface area contributed by atoms with Gasteiger partial charge in [-0.25, -0.2) is 0 Å². The fourth-order valence-corrected chi connectivity index (χ4v) is 6.04. The molecule has 2 heterocycles. The van der Waals surface area contributed by atoms with Gasteiger partial charge in [0.25, 0.3) is 5.91 Å². The molecule has 6 rings (SSSR count). The lowest BCUT2D eigenvalue weighted by Gasteiger charge is -2.55. The number of amides is 2. The van der Waals surface area contributed by atoms with Crippen LogP contribution in [0.2, 0.25) is 0 Å². The minimum Gasteiger partial charge on any atom is -0.497 e. The van der Waals surface area contributed by atoms with Crippen molar-refractivity contribution >= 4 is 11.8 Å². The number of hydrogen-bond donors (Lipinski definition) is 1. The SMILES string of the molecule is COc1ccc2c(c1)OC1(CC3CCC1CC3C(=O)N1CCCC(C)C1)NC2=O. The number of methoxy groups -OCH3 is 1. The van der Waals surface area contributed by atoms with Gasteiger partial charge in [-0.1, -0.05) is 6.92 Å². The smallest absolute Gasteiger partial charge is 0.258 e. The molecule has 2 aliphatic heterocycles. The maximum absolute atomic E-state index is 13.3. The Morgan fingerprint density at radius 1 is 1.31 bits per heavy atom. The van der Waals surface area contributed by atoms with Crippen molar-refractivity contribution < 1.29 is 19.1 Å². The van der Waals surface area contributed by atoms with E-state index in [1.54, 1.807) is 25.3 Å². The topological polar surface area (TPSA) is 67.9 Å². The minimum absolute atomic E-state index is 0.0666. The summed E-state index contributed by atoms with van der Waals surface area (Å²) < 4.78 is 11.8. The van der Waals surface area contributed by atoms with Crippen molar-refractivity contribution in [2.75, 3.05) is 20.2 Å². The molecule has 6 heteroatoms. The van der Waals surface area contributed by atoms with Crippen LogP contribution in [0.5, 0.6) is 11.5 Å². The summed E-state index contributed by atoms with van der Waals surface area (Å²) in [6.07, 6.45) is 5.86. The Balaban J connectivity index is 1.37. The molecule has 3 saturated carbocycles. The van der Waals surface area contributed by atoms with Crippen LogP contribution < -0.4 is 14.8 Å². The highest BCUT2D eigenvalue weighted by Crippen LogP contribution is 2.53. The first-order valence-corrected chi connectivity index (χ1v) is 11.0. The van der Waals surface area contributed by atoms with E-state index in [2.05, 4.69) is 17.1 Å². The molecule has 2 amide bonds. The minimum atomic E-state index is -0.689. The van der Waals surface area contributed by atoms with Gasteiger partial charge in [0.2, 0.25) is 5.91 Å². The van der Waals surface area contributed by atoms with Crippen LogP contribution in [0.3, 0.4) is 0 Å². The zero-order valence-electron chi connectivity index (χ0n) is 17.3. The number of hydrogen-bond acceptors (Lipinski definition) is 4. The second kappa shape index (κ2) is 6.92. The van der Waals surface area contributed by atoms with Gasteiger partial charge in [0, 0.05) is 37.4 Å². The quantitative estimate of drug-likeness (QED) is 0.831. The van der Waals surface area contributed by atoms with Gasteiger partial charge >= 0.3 is 0 Å². The second-order valence-corrected chi connectivity index (χ2v) is 9.42. The largest absolute Gasteiger partial charge is 0.497 e. The molecular weight excluding hydrogens is 368 g/mol. The Labute approximate surface area is 171 Å². The zero-order valence-corrected chi connectivity index (χ0v) is 17.3. The van der Waals surface area contributed by atoms with Crippen LogP contribution in [0.1, 0.15) is 55.8 Å². The summed E-state index contributed by atoms with van der Waals surface area (Å²) in [5, 5.41) is 3.18. The third kappa shape index (κ3) is 3.08. The highest BCUT2D eigenvalue weighted by molar-refractivity contribution is 5.98. The van der Waals surface area contributed by atoms with E-state index in [1.165, 1.54) is 6.42 Å². The Hall–Kier alpha value is -2.24. The molecule has 29 heavy (non-hydrogen) atoms. The fourth-order valence-electron chi connectivity index (χ4n) is 6.04. The number of carbonyl (C=O) groups excluding carboxylic acids is 2. The van der Waals surface area contributed by atoms with E-state index in [-0.39, 0.29) is 23.7 Å². The Kier molecular flexibility index (Phi) is 4.48. The van der Waals surface area contributed by atoms with Crippen LogP contribution in [-0.2, 0) is 4.79 Å². The average molecular weight is 399 g/mol. The Morgan fingerprint density at radius 2 is 2.17 bits per heavy atom. The van der Waals surface area contributed by atoms with Crippen molar-refractivity contribution in [3.8, 4) is 11.5 Å². The molecule has 1 aromatic carbocycles. The molecule has 0 aromatic heterocycles. The molecule has 1 spiro atoms. The zero-order chi connectivity index (χ0) is 20.2. The molecule has 2 bridgehead atoms. The summed E-state index contributed by atoms with van der Waals surface area (Å²) in [6.45, 7) is 4.01. The van der Waals surface area contributed by atoms with Gasteiger partial charge in [-0.05, 0) is 56.1 Å². The van der Waals surface area contributed by atoms with Crippen LogP contribution >= 0.6 is 0 Å². The summed E-state index contributed by atoms with van der Waals surface area (Å²) in [5.41, 5.74) is -0.140. The van der Waals surface area contributed by atoms with Gasteiger partial charge in [0.05, 0.1) is 12.7 Å². The first-order chi connectivity index (χ1) is 14.0. The lowest BCUT2D eigenvalue weighted by Crippen LogP contribution is -2.67. The molecule has 5 unspecified atom stereocenters. The highest BCUT2D eigenvalue weighted by Gasteiger charge is 2.57. The Morgan fingerprint density at radius 3 is 2.90 bits per heavy atom. The van der Waals surface area contributed by atoms with Crippen LogP contribution in [0.25, 0.3) is 0 Å². The average Bonchev–Trinajstić information content (AvgIpc) is 2.73. The number of carbonyl (C=O) groups is 2. The van der Waals surface area contributed by atoms with E-state index in [0.717, 1.165) is 38.8 Å². The van der Waals surface area contributed by atoms with E-state index in [9.17, 15) is 9.59 Å². The number of piperidine rings is 1. The maximum atomic E-state index is 13.3. The third-order valence-corrected chi connectivity index (χ3v) is 7.55. The van der Waals surface area contributed by atoms with E-state index in [4.69, 9.17) is 9.47 Å². The van der Waals surface area contributed by atoms with E-state index in [1.807, 2.05) is 0 Å². The number of nitrogens with zero attached hydrogens (tertiary/aromatic N) is 1. The fraction of sp³-hybridized carbons (Fsp3) is 0.652. The van der Waals surface area contributed by atoms with Crippen molar-refractivity contribution in [2.45, 2.75) is 51.2 Å². The maximum Gasteiger partial charge on any atom is 0.258 e. The van der Waals surface area contributed by atoms with Gasteiger partial charge in [-0.15, -0.1) is 0 Å².